The summed E-state index contributed by atoms with van der Waals surface area (Å²) >= 11 is 0. The average Bonchev–Trinajstić information content (AvgIpc) is 3.38. The second-order valence-electron chi connectivity index (χ2n) is 6.68. The fraction of sp³-hybridized carbons (Fsp3) is 0.250. The summed E-state index contributed by atoms with van der Waals surface area (Å²) in [6.45, 7) is 2.31. The van der Waals surface area contributed by atoms with Crippen molar-refractivity contribution in [1.82, 2.24) is 25.1 Å². The van der Waals surface area contributed by atoms with Crippen LogP contribution in [0.25, 0.3) is 5.69 Å². The van der Waals surface area contributed by atoms with E-state index in [9.17, 15) is 9.59 Å². The number of tetrazole rings is 1. The molecule has 2 heterocycles. The van der Waals surface area contributed by atoms with Crippen molar-refractivity contribution in [3.05, 3.63) is 59.9 Å². The third-order valence-electron chi connectivity index (χ3n) is 4.92. The van der Waals surface area contributed by atoms with E-state index in [1.165, 1.54) is 11.0 Å². The Balaban J connectivity index is 1.57. The van der Waals surface area contributed by atoms with Crippen LogP contribution in [0.3, 0.4) is 0 Å². The van der Waals surface area contributed by atoms with Crippen LogP contribution in [-0.2, 0) is 11.3 Å². The van der Waals surface area contributed by atoms with Crippen molar-refractivity contribution in [2.45, 2.75) is 25.9 Å². The summed E-state index contributed by atoms with van der Waals surface area (Å²) in [5.41, 5.74) is 2.76. The number of nitrogens with zero attached hydrogens (tertiary/aromatic N) is 5. The van der Waals surface area contributed by atoms with Gasteiger partial charge in [-0.25, -0.2) is 4.68 Å². The normalized spacial score (nSPS) is 13.9. The van der Waals surface area contributed by atoms with Gasteiger partial charge in [0, 0.05) is 29.9 Å². The van der Waals surface area contributed by atoms with E-state index < -0.39 is 6.04 Å². The highest BCUT2D eigenvalue weighted by molar-refractivity contribution is 6.03. The number of amides is 2. The number of hydrogen-bond acceptors (Lipinski definition) is 6. The Morgan fingerprint density at radius 1 is 1.28 bits per heavy atom. The molecule has 0 fully saturated rings. The number of rotatable bonds is 6. The molecule has 0 saturated carbocycles. The molecule has 4 rings (SSSR count). The summed E-state index contributed by atoms with van der Waals surface area (Å²) in [5.74, 6) is 0.165. The monoisotopic (exact) mass is 392 g/mol. The zero-order chi connectivity index (χ0) is 20.4. The fourth-order valence-corrected chi connectivity index (χ4v) is 3.49. The first-order valence-corrected chi connectivity index (χ1v) is 9.23. The van der Waals surface area contributed by atoms with Crippen molar-refractivity contribution in [2.24, 2.45) is 0 Å². The van der Waals surface area contributed by atoms with Gasteiger partial charge < -0.3 is 15.0 Å². The van der Waals surface area contributed by atoms with Gasteiger partial charge >= 0.3 is 0 Å². The van der Waals surface area contributed by atoms with Crippen molar-refractivity contribution >= 4 is 17.5 Å². The van der Waals surface area contributed by atoms with E-state index in [-0.39, 0.29) is 11.8 Å². The van der Waals surface area contributed by atoms with Crippen LogP contribution in [-0.4, -0.2) is 50.1 Å². The van der Waals surface area contributed by atoms with Gasteiger partial charge in [-0.1, -0.05) is 25.1 Å². The van der Waals surface area contributed by atoms with E-state index in [0.29, 0.717) is 35.7 Å². The molecule has 0 spiro atoms. The van der Waals surface area contributed by atoms with Crippen molar-refractivity contribution in [2.75, 3.05) is 12.4 Å². The molecule has 1 aromatic heterocycles. The van der Waals surface area contributed by atoms with E-state index in [4.69, 9.17) is 4.74 Å². The fourth-order valence-electron chi connectivity index (χ4n) is 3.49. The smallest absolute Gasteiger partial charge is 0.255 e. The largest absolute Gasteiger partial charge is 0.497 e. The van der Waals surface area contributed by atoms with Crippen LogP contribution in [0.5, 0.6) is 5.75 Å². The van der Waals surface area contributed by atoms with E-state index in [1.54, 1.807) is 36.3 Å². The standard InChI is InChI=1S/C20H20N6O3/c1-3-18(25-11-13-6-4-5-7-17(13)20(25)28)19(27)22-14-8-15(10-16(9-14)29-2)26-12-21-23-24-26/h4-10,12,18H,3,11H2,1-2H3,(H,22,27). The average molecular weight is 392 g/mol. The van der Waals surface area contributed by atoms with Gasteiger partial charge in [-0.2, -0.15) is 0 Å². The molecule has 1 atom stereocenters. The SMILES string of the molecule is CCC(C(=O)Nc1cc(OC)cc(-n2cnnn2)c1)N1Cc2ccccc2C1=O. The number of benzene rings is 2. The molecule has 0 saturated heterocycles. The van der Waals surface area contributed by atoms with Gasteiger partial charge in [-0.05, 0) is 34.5 Å². The van der Waals surface area contributed by atoms with E-state index in [1.807, 2.05) is 25.1 Å². The highest BCUT2D eigenvalue weighted by atomic mass is 16.5. The van der Waals surface area contributed by atoms with Crippen molar-refractivity contribution in [3.63, 3.8) is 0 Å². The number of hydrogen-bond donors (Lipinski definition) is 1. The minimum Gasteiger partial charge on any atom is -0.497 e. The Morgan fingerprint density at radius 3 is 2.79 bits per heavy atom. The number of fused-ring (bicyclic) bond motifs is 1. The number of anilines is 1. The molecule has 1 aliphatic heterocycles. The lowest BCUT2D eigenvalue weighted by Crippen LogP contribution is -2.43. The second-order valence-corrected chi connectivity index (χ2v) is 6.68. The maximum Gasteiger partial charge on any atom is 0.255 e. The van der Waals surface area contributed by atoms with Gasteiger partial charge in [0.15, 0.2) is 0 Å². The Labute approximate surface area is 167 Å². The van der Waals surface area contributed by atoms with Crippen LogP contribution >= 0.6 is 0 Å². The topological polar surface area (TPSA) is 102 Å². The molecule has 9 heteroatoms. The van der Waals surface area contributed by atoms with Crippen LogP contribution < -0.4 is 10.1 Å². The number of aromatic nitrogens is 4. The quantitative estimate of drug-likeness (QED) is 0.689. The first kappa shape index (κ1) is 18.6. The van der Waals surface area contributed by atoms with Gasteiger partial charge in [0.05, 0.1) is 12.8 Å². The summed E-state index contributed by atoms with van der Waals surface area (Å²) < 4.78 is 6.79. The molecular weight excluding hydrogens is 372 g/mol. The Kier molecular flexibility index (Phi) is 4.94. The molecule has 0 radical (unpaired) electrons. The highest BCUT2D eigenvalue weighted by Gasteiger charge is 2.35. The molecule has 0 aliphatic carbocycles. The summed E-state index contributed by atoms with van der Waals surface area (Å²) in [5, 5.41) is 14.0. The molecule has 1 N–H and O–H groups in total. The summed E-state index contributed by atoms with van der Waals surface area (Å²) in [4.78, 5) is 27.4. The van der Waals surface area contributed by atoms with Crippen LogP contribution in [0.15, 0.2) is 48.8 Å². The van der Waals surface area contributed by atoms with E-state index in [2.05, 4.69) is 20.8 Å². The molecule has 1 unspecified atom stereocenters. The maximum absolute atomic E-state index is 13.0. The minimum absolute atomic E-state index is 0.123. The lowest BCUT2D eigenvalue weighted by molar-refractivity contribution is -0.120. The third kappa shape index (κ3) is 3.54. The minimum atomic E-state index is -0.586. The molecule has 29 heavy (non-hydrogen) atoms. The predicted octanol–water partition coefficient (Wildman–Crippen LogP) is 2.04. The summed E-state index contributed by atoms with van der Waals surface area (Å²) in [7, 11) is 1.54. The Hall–Kier alpha value is -3.75. The number of carbonyl (C=O) groups excluding carboxylic acids is 2. The molecule has 9 nitrogen and oxygen atoms in total. The Bertz CT molecular complexity index is 1050. The lowest BCUT2D eigenvalue weighted by Gasteiger charge is -2.26. The van der Waals surface area contributed by atoms with Crippen LogP contribution in [0.4, 0.5) is 5.69 Å². The van der Waals surface area contributed by atoms with Crippen molar-refractivity contribution in [1.29, 1.82) is 0 Å². The van der Waals surface area contributed by atoms with Crippen LogP contribution in [0.2, 0.25) is 0 Å². The number of ether oxygens (including phenoxy) is 1. The van der Waals surface area contributed by atoms with Crippen LogP contribution in [0, 0.1) is 0 Å². The zero-order valence-electron chi connectivity index (χ0n) is 16.1. The first-order chi connectivity index (χ1) is 14.1. The van der Waals surface area contributed by atoms with Gasteiger partial charge in [-0.3, -0.25) is 9.59 Å². The van der Waals surface area contributed by atoms with Crippen molar-refractivity contribution < 1.29 is 14.3 Å². The number of carbonyl (C=O) groups is 2. The third-order valence-corrected chi connectivity index (χ3v) is 4.92. The summed E-state index contributed by atoms with van der Waals surface area (Å²) in [6, 6.07) is 12.1. The van der Waals surface area contributed by atoms with Gasteiger partial charge in [-0.15, -0.1) is 5.10 Å². The maximum atomic E-state index is 13.0. The molecule has 2 amide bonds. The number of nitrogens with one attached hydrogen (secondary N) is 1. The van der Waals surface area contributed by atoms with Crippen molar-refractivity contribution in [3.8, 4) is 11.4 Å². The van der Waals surface area contributed by atoms with Crippen LogP contribution in [0.1, 0.15) is 29.3 Å². The molecule has 3 aromatic rings. The Morgan fingerprint density at radius 2 is 2.10 bits per heavy atom. The summed E-state index contributed by atoms with van der Waals surface area (Å²) in [6.07, 6.45) is 1.95. The molecule has 2 aromatic carbocycles. The molecule has 0 bridgehead atoms. The predicted molar refractivity (Wildman–Crippen MR) is 105 cm³/mol. The zero-order valence-corrected chi connectivity index (χ0v) is 16.1. The molecular formula is C20H20N6O3. The second kappa shape index (κ2) is 7.70. The lowest BCUT2D eigenvalue weighted by atomic mass is 10.1. The van der Waals surface area contributed by atoms with E-state index >= 15 is 0 Å². The number of methoxy groups -OCH3 is 1. The van der Waals surface area contributed by atoms with Gasteiger partial charge in [0.25, 0.3) is 5.91 Å². The molecule has 148 valence electrons. The van der Waals surface area contributed by atoms with E-state index in [0.717, 1.165) is 5.56 Å². The first-order valence-electron chi connectivity index (χ1n) is 9.23. The highest BCUT2D eigenvalue weighted by Crippen LogP contribution is 2.27. The van der Waals surface area contributed by atoms with Gasteiger partial charge in [0.1, 0.15) is 18.1 Å². The van der Waals surface area contributed by atoms with Gasteiger partial charge in [0.2, 0.25) is 5.91 Å². The molecule has 1 aliphatic rings.